The molecular weight excluding hydrogens is 700 g/mol. The molecule has 1 unspecified atom stereocenters. The number of carbonyl (C=O) groups excluding carboxylic acids is 3. The minimum Gasteiger partial charge on any atom is -0.371 e. The molecule has 9 rings (SSSR count). The van der Waals surface area contributed by atoms with Gasteiger partial charge >= 0.3 is 0 Å². The summed E-state index contributed by atoms with van der Waals surface area (Å²) in [6.07, 6.45) is 6.88. The molecule has 5 aliphatic rings. The standard InChI is InChI=1S/C42H45ClN8O3/c43-35-7-8-36(40-39(35)30(24-44)25-45-40)50-15-11-28(12-16-50)27-1-3-31(4-2-27)47-17-13-32(14-18-47)48-19-21-49(22-20-48)33-5-6-34-29(23-33)26-51(42(34)54)37-9-10-38(52)46-41(37)53/h1-8,23,25,28,32,37,45H,9-22,26H2,(H,46,52,53). The van der Waals surface area contributed by atoms with Crippen LogP contribution in [0.2, 0.25) is 5.02 Å². The maximum atomic E-state index is 13.1. The van der Waals surface area contributed by atoms with E-state index in [1.807, 2.05) is 18.2 Å². The molecule has 4 fully saturated rings. The van der Waals surface area contributed by atoms with Crippen molar-refractivity contribution in [1.29, 1.82) is 5.26 Å². The number of piperazine rings is 1. The predicted molar refractivity (Wildman–Crippen MR) is 210 cm³/mol. The quantitative estimate of drug-likeness (QED) is 0.244. The van der Waals surface area contributed by atoms with Crippen molar-refractivity contribution < 1.29 is 14.4 Å². The van der Waals surface area contributed by atoms with Crippen LogP contribution in [-0.2, 0) is 16.1 Å². The molecule has 2 N–H and O–H groups in total. The number of fused-ring (bicyclic) bond motifs is 2. The molecule has 278 valence electrons. The van der Waals surface area contributed by atoms with Crippen molar-refractivity contribution >= 4 is 57.3 Å². The van der Waals surface area contributed by atoms with E-state index in [0.717, 1.165) is 106 Å². The molecular formula is C42H45ClN8O3. The number of H-pyrrole nitrogens is 1. The minimum absolute atomic E-state index is 0.124. The number of aromatic nitrogens is 1. The second-order valence-electron chi connectivity index (χ2n) is 15.5. The molecule has 3 amide bonds. The van der Waals surface area contributed by atoms with Crippen LogP contribution < -0.4 is 20.0 Å². The van der Waals surface area contributed by atoms with Crippen LogP contribution in [0.25, 0.3) is 10.9 Å². The Morgan fingerprint density at radius 2 is 1.46 bits per heavy atom. The van der Waals surface area contributed by atoms with Gasteiger partial charge in [0, 0.05) is 99.9 Å². The normalized spacial score (nSPS) is 21.9. The van der Waals surface area contributed by atoms with Crippen molar-refractivity contribution in [2.45, 2.75) is 63.1 Å². The molecule has 3 aromatic carbocycles. The first-order valence-corrected chi connectivity index (χ1v) is 19.8. The second kappa shape index (κ2) is 14.3. The van der Waals surface area contributed by atoms with Crippen LogP contribution in [0.15, 0.2) is 60.8 Å². The van der Waals surface area contributed by atoms with E-state index >= 15 is 0 Å². The maximum Gasteiger partial charge on any atom is 0.255 e. The number of imide groups is 1. The zero-order valence-corrected chi connectivity index (χ0v) is 31.2. The fourth-order valence-corrected chi connectivity index (χ4v) is 9.81. The molecule has 0 aliphatic carbocycles. The van der Waals surface area contributed by atoms with Gasteiger partial charge in [-0.15, -0.1) is 0 Å². The number of rotatable bonds is 6. The first-order chi connectivity index (χ1) is 26.3. The summed E-state index contributed by atoms with van der Waals surface area (Å²) in [7, 11) is 0. The Hall–Kier alpha value is -5.05. The number of piperidine rings is 3. The van der Waals surface area contributed by atoms with E-state index in [1.165, 1.54) is 11.3 Å². The maximum absolute atomic E-state index is 13.1. The minimum atomic E-state index is -0.588. The smallest absolute Gasteiger partial charge is 0.255 e. The van der Waals surface area contributed by atoms with Gasteiger partial charge in [-0.25, -0.2) is 0 Å². The number of nitrogens with one attached hydrogen (secondary N) is 2. The Kier molecular flexibility index (Phi) is 9.19. The average molecular weight is 745 g/mol. The van der Waals surface area contributed by atoms with Gasteiger partial charge in [-0.2, -0.15) is 5.26 Å². The highest BCUT2D eigenvalue weighted by Gasteiger charge is 2.39. The average Bonchev–Trinajstić information content (AvgIpc) is 3.80. The fourth-order valence-electron chi connectivity index (χ4n) is 9.55. The van der Waals surface area contributed by atoms with Crippen LogP contribution in [0.4, 0.5) is 17.1 Å². The molecule has 0 radical (unpaired) electrons. The Bertz CT molecular complexity index is 2140. The first kappa shape index (κ1) is 34.7. The molecule has 54 heavy (non-hydrogen) atoms. The van der Waals surface area contributed by atoms with Crippen molar-refractivity contribution in [2.24, 2.45) is 0 Å². The van der Waals surface area contributed by atoms with E-state index in [4.69, 9.17) is 11.6 Å². The number of amides is 3. The van der Waals surface area contributed by atoms with Crippen LogP contribution in [0.1, 0.15) is 71.5 Å². The summed E-state index contributed by atoms with van der Waals surface area (Å²) in [5.74, 6) is -0.230. The van der Waals surface area contributed by atoms with Gasteiger partial charge in [0.15, 0.2) is 0 Å². The predicted octanol–water partition coefficient (Wildman–Crippen LogP) is 5.63. The van der Waals surface area contributed by atoms with Gasteiger partial charge in [-0.3, -0.25) is 24.6 Å². The molecule has 5 aliphatic heterocycles. The molecule has 0 spiro atoms. The van der Waals surface area contributed by atoms with Crippen molar-refractivity contribution in [3.63, 3.8) is 0 Å². The Morgan fingerprint density at radius 3 is 2.19 bits per heavy atom. The monoisotopic (exact) mass is 744 g/mol. The van der Waals surface area contributed by atoms with E-state index < -0.39 is 6.04 Å². The van der Waals surface area contributed by atoms with Gasteiger partial charge in [0.25, 0.3) is 5.91 Å². The Labute approximate surface area is 320 Å². The van der Waals surface area contributed by atoms with Crippen molar-refractivity contribution in [3.8, 4) is 6.07 Å². The fraction of sp³-hybridized carbons (Fsp3) is 0.429. The number of carbonyl (C=O) groups is 3. The highest BCUT2D eigenvalue weighted by molar-refractivity contribution is 6.36. The number of hydrogen-bond donors (Lipinski definition) is 2. The number of anilines is 3. The van der Waals surface area contributed by atoms with Gasteiger partial charge < -0.3 is 24.6 Å². The van der Waals surface area contributed by atoms with Crippen molar-refractivity contribution in [2.75, 3.05) is 67.1 Å². The van der Waals surface area contributed by atoms with E-state index in [9.17, 15) is 19.6 Å². The summed E-state index contributed by atoms with van der Waals surface area (Å²) < 4.78 is 0. The summed E-state index contributed by atoms with van der Waals surface area (Å²) in [4.78, 5) is 52.2. The molecule has 6 heterocycles. The molecule has 1 atom stereocenters. The molecule has 4 saturated heterocycles. The van der Waals surface area contributed by atoms with E-state index in [0.29, 0.717) is 41.1 Å². The van der Waals surface area contributed by atoms with E-state index in [2.05, 4.69) is 72.4 Å². The topological polar surface area (TPSA) is 119 Å². The lowest BCUT2D eigenvalue weighted by Crippen LogP contribution is -2.53. The third kappa shape index (κ3) is 6.35. The summed E-state index contributed by atoms with van der Waals surface area (Å²) in [5, 5.41) is 13.3. The summed E-state index contributed by atoms with van der Waals surface area (Å²) in [6, 6.07) is 21.6. The second-order valence-corrected chi connectivity index (χ2v) is 15.9. The van der Waals surface area contributed by atoms with Crippen molar-refractivity contribution in [1.82, 2.24) is 20.1 Å². The lowest BCUT2D eigenvalue weighted by atomic mass is 9.89. The number of halogens is 1. The summed E-state index contributed by atoms with van der Waals surface area (Å²) in [6.45, 7) is 8.39. The molecule has 4 aromatic rings. The molecule has 0 bridgehead atoms. The van der Waals surface area contributed by atoms with Crippen LogP contribution >= 0.6 is 11.6 Å². The SMILES string of the molecule is N#Cc1c[nH]c2c(N3CCC(c4ccc(N5CCC(N6CCN(c7ccc8c(c7)CN(C7CCC(=O)NC7=O)C8=O)CC6)CC5)cc4)CC3)ccc(Cl)c12. The molecule has 12 heteroatoms. The van der Waals surface area contributed by atoms with Gasteiger partial charge in [0.05, 0.1) is 21.8 Å². The van der Waals surface area contributed by atoms with Gasteiger partial charge in [0.2, 0.25) is 11.8 Å². The van der Waals surface area contributed by atoms with E-state index in [1.54, 1.807) is 11.1 Å². The number of aromatic amines is 1. The lowest BCUT2D eigenvalue weighted by Gasteiger charge is -2.44. The van der Waals surface area contributed by atoms with Gasteiger partial charge in [-0.05, 0) is 91.6 Å². The lowest BCUT2D eigenvalue weighted by molar-refractivity contribution is -0.136. The Morgan fingerprint density at radius 1 is 0.759 bits per heavy atom. The number of benzene rings is 3. The highest BCUT2D eigenvalue weighted by Crippen LogP contribution is 2.38. The number of nitriles is 1. The largest absolute Gasteiger partial charge is 0.371 e. The Balaban J connectivity index is 0.746. The summed E-state index contributed by atoms with van der Waals surface area (Å²) in [5.41, 5.74) is 8.14. The third-order valence-corrected chi connectivity index (χ3v) is 12.9. The first-order valence-electron chi connectivity index (χ1n) is 19.4. The zero-order chi connectivity index (χ0) is 36.9. The van der Waals surface area contributed by atoms with E-state index in [-0.39, 0.29) is 24.1 Å². The molecule has 11 nitrogen and oxygen atoms in total. The molecule has 0 saturated carbocycles. The molecule has 1 aromatic heterocycles. The van der Waals surface area contributed by atoms with Gasteiger partial charge in [-0.1, -0.05) is 23.7 Å². The number of nitrogens with zero attached hydrogens (tertiary/aromatic N) is 6. The van der Waals surface area contributed by atoms with Crippen LogP contribution in [0, 0.1) is 11.3 Å². The van der Waals surface area contributed by atoms with Crippen LogP contribution in [-0.4, -0.2) is 96.9 Å². The third-order valence-electron chi connectivity index (χ3n) is 12.6. The van der Waals surface area contributed by atoms with Crippen LogP contribution in [0.3, 0.4) is 0 Å². The van der Waals surface area contributed by atoms with Gasteiger partial charge in [0.1, 0.15) is 12.1 Å². The zero-order valence-electron chi connectivity index (χ0n) is 30.4. The highest BCUT2D eigenvalue weighted by atomic mass is 35.5. The van der Waals surface area contributed by atoms with Crippen molar-refractivity contribution in [3.05, 3.63) is 88.1 Å². The van der Waals surface area contributed by atoms with Crippen LogP contribution in [0.5, 0.6) is 0 Å². The number of hydrogen-bond acceptors (Lipinski definition) is 8. The summed E-state index contributed by atoms with van der Waals surface area (Å²) >= 11 is 6.45.